The van der Waals surface area contributed by atoms with Crippen molar-refractivity contribution in [1.29, 1.82) is 0 Å². The molecule has 0 bridgehead atoms. The van der Waals surface area contributed by atoms with Gasteiger partial charge in [-0.3, -0.25) is 4.90 Å². The minimum Gasteiger partial charge on any atom is -0.478 e. The summed E-state index contributed by atoms with van der Waals surface area (Å²) in [5.41, 5.74) is 1.51. The van der Waals surface area contributed by atoms with Crippen molar-refractivity contribution in [2.24, 2.45) is 0 Å². The molecule has 2 saturated heterocycles. The SMILES string of the molecule is O=C(O)c1ccc(N2CCN3CCCCC3C2)cc1. The Hall–Kier alpha value is -1.55. The Morgan fingerprint density at radius 3 is 2.63 bits per heavy atom. The number of piperidine rings is 1. The first-order chi connectivity index (χ1) is 9.24. The van der Waals surface area contributed by atoms with Crippen LogP contribution in [0.25, 0.3) is 0 Å². The van der Waals surface area contributed by atoms with E-state index < -0.39 is 5.97 Å². The molecule has 0 spiro atoms. The largest absolute Gasteiger partial charge is 0.478 e. The highest BCUT2D eigenvalue weighted by Gasteiger charge is 2.28. The molecule has 0 amide bonds. The molecule has 2 aliphatic heterocycles. The van der Waals surface area contributed by atoms with Gasteiger partial charge < -0.3 is 10.0 Å². The van der Waals surface area contributed by atoms with Crippen molar-refractivity contribution in [3.05, 3.63) is 29.8 Å². The van der Waals surface area contributed by atoms with E-state index in [4.69, 9.17) is 5.11 Å². The summed E-state index contributed by atoms with van der Waals surface area (Å²) in [4.78, 5) is 15.8. The summed E-state index contributed by atoms with van der Waals surface area (Å²) in [6, 6.07) is 7.95. The second kappa shape index (κ2) is 5.21. The van der Waals surface area contributed by atoms with Gasteiger partial charge in [-0.15, -0.1) is 0 Å². The predicted molar refractivity (Wildman–Crippen MR) is 74.8 cm³/mol. The molecular weight excluding hydrogens is 240 g/mol. The lowest BCUT2D eigenvalue weighted by molar-refractivity contribution is 0.0697. The number of anilines is 1. The molecule has 1 N–H and O–H groups in total. The zero-order valence-electron chi connectivity index (χ0n) is 11.1. The molecule has 0 aromatic heterocycles. The number of hydrogen-bond donors (Lipinski definition) is 1. The summed E-state index contributed by atoms with van der Waals surface area (Å²) in [5, 5.41) is 8.92. The highest BCUT2D eigenvalue weighted by molar-refractivity contribution is 5.88. The molecule has 0 saturated carbocycles. The number of carbonyl (C=O) groups is 1. The molecular formula is C15H20N2O2. The molecule has 1 aromatic carbocycles. The van der Waals surface area contributed by atoms with Gasteiger partial charge in [0.05, 0.1) is 5.56 Å². The van der Waals surface area contributed by atoms with Crippen molar-refractivity contribution in [1.82, 2.24) is 4.90 Å². The van der Waals surface area contributed by atoms with Crippen LogP contribution in [0.4, 0.5) is 5.69 Å². The summed E-state index contributed by atoms with van der Waals surface area (Å²) >= 11 is 0. The number of nitrogens with zero attached hydrogens (tertiary/aromatic N) is 2. The average Bonchev–Trinajstić information content (AvgIpc) is 2.47. The van der Waals surface area contributed by atoms with E-state index in [0.29, 0.717) is 11.6 Å². The van der Waals surface area contributed by atoms with Crippen molar-refractivity contribution in [2.75, 3.05) is 31.1 Å². The third-order valence-electron chi connectivity index (χ3n) is 4.32. The predicted octanol–water partition coefficient (Wildman–Crippen LogP) is 2.06. The monoisotopic (exact) mass is 260 g/mol. The Morgan fingerprint density at radius 1 is 1.11 bits per heavy atom. The molecule has 1 aromatic rings. The molecule has 1 atom stereocenters. The van der Waals surface area contributed by atoms with Crippen LogP contribution >= 0.6 is 0 Å². The van der Waals surface area contributed by atoms with Gasteiger partial charge in [0.15, 0.2) is 0 Å². The number of benzene rings is 1. The Morgan fingerprint density at radius 2 is 1.89 bits per heavy atom. The molecule has 102 valence electrons. The highest BCUT2D eigenvalue weighted by atomic mass is 16.4. The zero-order valence-corrected chi connectivity index (χ0v) is 11.1. The Kier molecular flexibility index (Phi) is 3.42. The topological polar surface area (TPSA) is 43.8 Å². The van der Waals surface area contributed by atoms with Gasteiger partial charge in [0.2, 0.25) is 0 Å². The first kappa shape index (κ1) is 12.5. The van der Waals surface area contributed by atoms with Crippen LogP contribution in [0.2, 0.25) is 0 Å². The van der Waals surface area contributed by atoms with Crippen molar-refractivity contribution < 1.29 is 9.90 Å². The van der Waals surface area contributed by atoms with E-state index in [1.165, 1.54) is 25.8 Å². The van der Waals surface area contributed by atoms with Crippen LogP contribution in [-0.4, -0.2) is 48.2 Å². The van der Waals surface area contributed by atoms with Crippen LogP contribution in [-0.2, 0) is 0 Å². The van der Waals surface area contributed by atoms with E-state index in [1.807, 2.05) is 12.1 Å². The van der Waals surface area contributed by atoms with Gasteiger partial charge >= 0.3 is 5.97 Å². The van der Waals surface area contributed by atoms with E-state index in [1.54, 1.807) is 12.1 Å². The number of carboxylic acid groups (broad SMARTS) is 1. The summed E-state index contributed by atoms with van der Waals surface area (Å²) in [6.07, 6.45) is 3.97. The molecule has 4 heteroatoms. The maximum Gasteiger partial charge on any atom is 0.335 e. The number of aromatic carboxylic acids is 1. The van der Waals surface area contributed by atoms with Gasteiger partial charge in [-0.05, 0) is 43.7 Å². The quantitative estimate of drug-likeness (QED) is 0.884. The first-order valence-electron chi connectivity index (χ1n) is 7.06. The Labute approximate surface area is 113 Å². The lowest BCUT2D eigenvalue weighted by atomic mass is 9.99. The summed E-state index contributed by atoms with van der Waals surface area (Å²) in [6.45, 7) is 4.50. The molecule has 19 heavy (non-hydrogen) atoms. The van der Waals surface area contributed by atoms with Gasteiger partial charge in [-0.25, -0.2) is 4.79 Å². The minimum atomic E-state index is -0.858. The minimum absolute atomic E-state index is 0.361. The second-order valence-corrected chi connectivity index (χ2v) is 5.48. The Balaban J connectivity index is 1.70. The number of carboxylic acids is 1. The summed E-state index contributed by atoms with van der Waals surface area (Å²) < 4.78 is 0. The van der Waals surface area contributed by atoms with Crippen molar-refractivity contribution in [2.45, 2.75) is 25.3 Å². The number of fused-ring (bicyclic) bond motifs is 1. The molecule has 2 fully saturated rings. The van der Waals surface area contributed by atoms with Crippen LogP contribution in [0.5, 0.6) is 0 Å². The van der Waals surface area contributed by atoms with Crippen molar-refractivity contribution in [3.8, 4) is 0 Å². The molecule has 0 aliphatic carbocycles. The molecule has 0 radical (unpaired) electrons. The van der Waals surface area contributed by atoms with Crippen molar-refractivity contribution in [3.63, 3.8) is 0 Å². The highest BCUT2D eigenvalue weighted by Crippen LogP contribution is 2.25. The summed E-state index contributed by atoms with van der Waals surface area (Å²) in [5.74, 6) is -0.858. The lowest BCUT2D eigenvalue weighted by Gasteiger charge is -2.44. The molecule has 3 rings (SSSR count). The van der Waals surface area contributed by atoms with E-state index in [-0.39, 0.29) is 0 Å². The third-order valence-corrected chi connectivity index (χ3v) is 4.32. The maximum atomic E-state index is 10.9. The first-order valence-corrected chi connectivity index (χ1v) is 7.06. The Bertz CT molecular complexity index is 458. The third kappa shape index (κ3) is 2.59. The summed E-state index contributed by atoms with van der Waals surface area (Å²) in [7, 11) is 0. The lowest BCUT2D eigenvalue weighted by Crippen LogP contribution is -2.54. The standard InChI is InChI=1S/C15H20N2O2/c18-15(19)12-4-6-13(7-5-12)17-10-9-16-8-2-1-3-14(16)11-17/h4-7,14H,1-3,8-11H2,(H,18,19). The maximum absolute atomic E-state index is 10.9. The van der Waals surface area contributed by atoms with Gasteiger partial charge in [-0.2, -0.15) is 0 Å². The molecule has 2 aliphatic rings. The van der Waals surface area contributed by atoms with Crippen LogP contribution in [0.15, 0.2) is 24.3 Å². The van der Waals surface area contributed by atoms with E-state index in [9.17, 15) is 4.79 Å². The van der Waals surface area contributed by atoms with Gasteiger partial charge in [0.1, 0.15) is 0 Å². The van der Waals surface area contributed by atoms with Gasteiger partial charge in [-0.1, -0.05) is 6.42 Å². The van der Waals surface area contributed by atoms with Crippen LogP contribution < -0.4 is 4.90 Å². The average molecular weight is 260 g/mol. The van der Waals surface area contributed by atoms with Crippen LogP contribution in [0.1, 0.15) is 29.6 Å². The van der Waals surface area contributed by atoms with E-state index in [0.717, 1.165) is 25.3 Å². The van der Waals surface area contributed by atoms with Crippen molar-refractivity contribution >= 4 is 11.7 Å². The number of hydrogen-bond acceptors (Lipinski definition) is 3. The molecule has 2 heterocycles. The smallest absolute Gasteiger partial charge is 0.335 e. The van der Waals surface area contributed by atoms with Gasteiger partial charge in [0.25, 0.3) is 0 Å². The zero-order chi connectivity index (χ0) is 13.2. The molecule has 1 unspecified atom stereocenters. The van der Waals surface area contributed by atoms with E-state index in [2.05, 4.69) is 9.80 Å². The van der Waals surface area contributed by atoms with Crippen LogP contribution in [0.3, 0.4) is 0 Å². The fraction of sp³-hybridized carbons (Fsp3) is 0.533. The fourth-order valence-corrected chi connectivity index (χ4v) is 3.21. The number of rotatable bonds is 2. The molecule has 4 nitrogen and oxygen atoms in total. The fourth-order valence-electron chi connectivity index (χ4n) is 3.21. The second-order valence-electron chi connectivity index (χ2n) is 5.48. The normalized spacial score (nSPS) is 24.0. The number of piperazine rings is 1. The van der Waals surface area contributed by atoms with E-state index >= 15 is 0 Å². The van der Waals surface area contributed by atoms with Crippen LogP contribution in [0, 0.1) is 0 Å². The van der Waals surface area contributed by atoms with Gasteiger partial charge in [0, 0.05) is 31.4 Å².